The molecule has 0 unspecified atom stereocenters. The summed E-state index contributed by atoms with van der Waals surface area (Å²) < 4.78 is 6.36. The predicted molar refractivity (Wildman–Crippen MR) is 98.4 cm³/mol. The molecule has 0 radical (unpaired) electrons. The summed E-state index contributed by atoms with van der Waals surface area (Å²) in [6.07, 6.45) is 0. The van der Waals surface area contributed by atoms with E-state index in [-0.39, 0.29) is 18.4 Å². The van der Waals surface area contributed by atoms with E-state index in [1.807, 2.05) is 19.1 Å². The number of nitrogens with zero attached hydrogens (tertiary/aromatic N) is 1. The Hall–Kier alpha value is -1.86. The number of nitrogens with one attached hydrogen (secondary N) is 1. The number of carbonyl (C=O) groups is 2. The number of rotatable bonds is 7. The molecule has 0 spiro atoms. The first-order valence-corrected chi connectivity index (χ1v) is 9.09. The molecule has 1 heterocycles. The lowest BCUT2D eigenvalue weighted by atomic mass is 10.2. The third-order valence-corrected chi connectivity index (χ3v) is 4.88. The molecule has 1 aromatic carbocycles. The van der Waals surface area contributed by atoms with E-state index >= 15 is 0 Å². The zero-order chi connectivity index (χ0) is 17.5. The monoisotopic (exact) mass is 410 g/mol. The average molecular weight is 411 g/mol. The van der Waals surface area contributed by atoms with Crippen LogP contribution in [0.5, 0.6) is 5.75 Å². The van der Waals surface area contributed by atoms with E-state index in [1.165, 1.54) is 0 Å². The lowest BCUT2D eigenvalue weighted by Crippen LogP contribution is -2.37. The minimum Gasteiger partial charge on any atom is -0.494 e. The number of amides is 2. The number of ether oxygens (including phenoxy) is 1. The fourth-order valence-corrected chi connectivity index (χ4v) is 3.56. The van der Waals surface area contributed by atoms with Crippen molar-refractivity contribution in [1.82, 2.24) is 10.2 Å². The van der Waals surface area contributed by atoms with Gasteiger partial charge in [0.1, 0.15) is 5.75 Å². The maximum atomic E-state index is 12.1. The van der Waals surface area contributed by atoms with Crippen LogP contribution in [-0.2, 0) is 11.3 Å². The van der Waals surface area contributed by atoms with Gasteiger partial charge in [0, 0.05) is 17.5 Å². The molecule has 7 heteroatoms. The van der Waals surface area contributed by atoms with E-state index in [4.69, 9.17) is 4.74 Å². The molecule has 2 rings (SSSR count). The maximum absolute atomic E-state index is 12.1. The Morgan fingerprint density at radius 1 is 1.21 bits per heavy atom. The lowest BCUT2D eigenvalue weighted by Gasteiger charge is -2.16. The standard InChI is InChI=1S/C17H19BrN2O3S/c1-3-23-13-6-4-12(5-7-13)17(22)19-10-16(21)20(2)11-14-8-9-15(18)24-14/h4-9H,3,10-11H2,1-2H3,(H,19,22). The van der Waals surface area contributed by atoms with E-state index in [9.17, 15) is 9.59 Å². The van der Waals surface area contributed by atoms with Crippen LogP contribution in [-0.4, -0.2) is 36.9 Å². The Morgan fingerprint density at radius 3 is 2.50 bits per heavy atom. The highest BCUT2D eigenvalue weighted by Gasteiger charge is 2.13. The predicted octanol–water partition coefficient (Wildman–Crippen LogP) is 3.30. The Morgan fingerprint density at radius 2 is 1.92 bits per heavy atom. The Balaban J connectivity index is 1.82. The van der Waals surface area contributed by atoms with Crippen molar-refractivity contribution in [1.29, 1.82) is 0 Å². The summed E-state index contributed by atoms with van der Waals surface area (Å²) in [4.78, 5) is 26.9. The molecular formula is C17H19BrN2O3S. The summed E-state index contributed by atoms with van der Waals surface area (Å²) in [5, 5.41) is 2.65. The largest absolute Gasteiger partial charge is 0.494 e. The molecule has 0 aliphatic heterocycles. The van der Waals surface area contributed by atoms with Gasteiger partial charge < -0.3 is 15.0 Å². The van der Waals surface area contributed by atoms with Gasteiger partial charge in [-0.1, -0.05) is 0 Å². The summed E-state index contributed by atoms with van der Waals surface area (Å²) in [5.74, 6) is 0.296. The van der Waals surface area contributed by atoms with Crippen LogP contribution in [0.15, 0.2) is 40.2 Å². The van der Waals surface area contributed by atoms with E-state index in [0.717, 1.165) is 8.66 Å². The highest BCUT2D eigenvalue weighted by Crippen LogP contribution is 2.22. The van der Waals surface area contributed by atoms with E-state index in [2.05, 4.69) is 21.2 Å². The van der Waals surface area contributed by atoms with Gasteiger partial charge in [-0.15, -0.1) is 11.3 Å². The fraction of sp³-hybridized carbons (Fsp3) is 0.294. The van der Waals surface area contributed by atoms with E-state index < -0.39 is 0 Å². The van der Waals surface area contributed by atoms with Crippen LogP contribution in [0.2, 0.25) is 0 Å². The Kier molecular flexibility index (Phi) is 6.81. The first-order chi connectivity index (χ1) is 11.5. The van der Waals surface area contributed by atoms with Crippen LogP contribution in [0, 0.1) is 0 Å². The van der Waals surface area contributed by atoms with Crippen LogP contribution >= 0.6 is 27.3 Å². The molecule has 1 aromatic heterocycles. The minimum absolute atomic E-state index is 0.0326. The molecule has 0 atom stereocenters. The number of carbonyl (C=O) groups excluding carboxylic acids is 2. The van der Waals surface area contributed by atoms with Crippen LogP contribution < -0.4 is 10.1 Å². The second kappa shape index (κ2) is 8.84. The number of hydrogen-bond donors (Lipinski definition) is 1. The molecule has 0 saturated carbocycles. The third-order valence-electron chi connectivity index (χ3n) is 3.28. The first kappa shape index (κ1) is 18.5. The molecule has 0 aliphatic rings. The van der Waals surface area contributed by atoms with Crippen LogP contribution in [0.25, 0.3) is 0 Å². The van der Waals surface area contributed by atoms with Gasteiger partial charge in [-0.05, 0) is 59.3 Å². The van der Waals surface area contributed by atoms with Crippen molar-refractivity contribution in [3.63, 3.8) is 0 Å². The number of thiophene rings is 1. The molecule has 0 aliphatic carbocycles. The number of benzene rings is 1. The first-order valence-electron chi connectivity index (χ1n) is 7.49. The van der Waals surface area contributed by atoms with Crippen molar-refractivity contribution < 1.29 is 14.3 Å². The van der Waals surface area contributed by atoms with Gasteiger partial charge in [-0.3, -0.25) is 9.59 Å². The second-order valence-corrected chi connectivity index (χ2v) is 7.64. The molecule has 2 amide bonds. The number of hydrogen-bond acceptors (Lipinski definition) is 4. The molecular weight excluding hydrogens is 392 g/mol. The van der Waals surface area contributed by atoms with Crippen molar-refractivity contribution >= 4 is 39.1 Å². The highest BCUT2D eigenvalue weighted by molar-refractivity contribution is 9.11. The lowest BCUT2D eigenvalue weighted by molar-refractivity contribution is -0.129. The summed E-state index contributed by atoms with van der Waals surface area (Å²) in [6.45, 7) is 2.97. The quantitative estimate of drug-likeness (QED) is 0.761. The van der Waals surface area contributed by atoms with Crippen LogP contribution in [0.1, 0.15) is 22.2 Å². The van der Waals surface area contributed by atoms with Gasteiger partial charge in [-0.25, -0.2) is 0 Å². The van der Waals surface area contributed by atoms with E-state index in [1.54, 1.807) is 47.5 Å². The molecule has 24 heavy (non-hydrogen) atoms. The molecule has 2 aromatic rings. The van der Waals surface area contributed by atoms with Gasteiger partial charge in [0.2, 0.25) is 5.91 Å². The highest BCUT2D eigenvalue weighted by atomic mass is 79.9. The summed E-state index contributed by atoms with van der Waals surface area (Å²) in [7, 11) is 1.72. The van der Waals surface area contributed by atoms with Crippen LogP contribution in [0.4, 0.5) is 0 Å². The number of likely N-dealkylation sites (N-methyl/N-ethyl adjacent to an activating group) is 1. The zero-order valence-corrected chi connectivity index (χ0v) is 15.9. The van der Waals surface area contributed by atoms with Crippen molar-refractivity contribution in [3.8, 4) is 5.75 Å². The van der Waals surface area contributed by atoms with Crippen molar-refractivity contribution in [2.45, 2.75) is 13.5 Å². The Labute approximate surface area is 153 Å². The topological polar surface area (TPSA) is 58.6 Å². The van der Waals surface area contributed by atoms with Crippen LogP contribution in [0.3, 0.4) is 0 Å². The molecule has 5 nitrogen and oxygen atoms in total. The number of halogens is 1. The molecule has 1 N–H and O–H groups in total. The van der Waals surface area contributed by atoms with Gasteiger partial charge in [0.15, 0.2) is 0 Å². The summed E-state index contributed by atoms with van der Waals surface area (Å²) >= 11 is 4.98. The smallest absolute Gasteiger partial charge is 0.251 e. The second-order valence-electron chi connectivity index (χ2n) is 5.10. The van der Waals surface area contributed by atoms with Crippen molar-refractivity contribution in [3.05, 3.63) is 50.6 Å². The zero-order valence-electron chi connectivity index (χ0n) is 13.5. The van der Waals surface area contributed by atoms with Gasteiger partial charge >= 0.3 is 0 Å². The Bertz CT molecular complexity index is 700. The summed E-state index contributed by atoms with van der Waals surface area (Å²) in [5.41, 5.74) is 0.496. The normalized spacial score (nSPS) is 10.3. The molecule has 0 saturated heterocycles. The summed E-state index contributed by atoms with van der Waals surface area (Å²) in [6, 6.07) is 10.8. The fourth-order valence-electron chi connectivity index (χ4n) is 2.02. The van der Waals surface area contributed by atoms with E-state index in [0.29, 0.717) is 24.5 Å². The SMILES string of the molecule is CCOc1ccc(C(=O)NCC(=O)N(C)Cc2ccc(Br)s2)cc1. The van der Waals surface area contributed by atoms with Crippen molar-refractivity contribution in [2.75, 3.05) is 20.2 Å². The van der Waals surface area contributed by atoms with Gasteiger partial charge in [0.25, 0.3) is 5.91 Å². The van der Waals surface area contributed by atoms with Crippen molar-refractivity contribution in [2.24, 2.45) is 0 Å². The van der Waals surface area contributed by atoms with Gasteiger partial charge in [0.05, 0.1) is 23.5 Å². The average Bonchev–Trinajstić information content (AvgIpc) is 2.98. The molecule has 128 valence electrons. The van der Waals surface area contributed by atoms with Gasteiger partial charge in [-0.2, -0.15) is 0 Å². The minimum atomic E-state index is -0.279. The molecule has 0 bridgehead atoms. The maximum Gasteiger partial charge on any atom is 0.251 e. The third kappa shape index (κ3) is 5.35. The molecule has 0 fully saturated rings.